The lowest BCUT2D eigenvalue weighted by molar-refractivity contribution is 0.0955. The van der Waals surface area contributed by atoms with Gasteiger partial charge in [-0.15, -0.1) is 11.3 Å². The largest absolute Gasteiger partial charge is 0.357 e. The molecule has 0 aromatic carbocycles. The second kappa shape index (κ2) is 7.56. The van der Waals surface area contributed by atoms with E-state index in [0.29, 0.717) is 6.54 Å². The predicted octanol–water partition coefficient (Wildman–Crippen LogP) is 3.94. The molecule has 2 aromatic heterocycles. The molecule has 1 aliphatic carbocycles. The zero-order chi connectivity index (χ0) is 17.1. The van der Waals surface area contributed by atoms with Crippen molar-refractivity contribution in [2.45, 2.75) is 51.5 Å². The Balaban J connectivity index is 1.35. The van der Waals surface area contributed by atoms with Gasteiger partial charge in [0.25, 0.3) is 5.91 Å². The van der Waals surface area contributed by atoms with Crippen LogP contribution in [0.5, 0.6) is 0 Å². The van der Waals surface area contributed by atoms with Crippen LogP contribution in [0, 0.1) is 0 Å². The fourth-order valence-corrected chi connectivity index (χ4v) is 4.87. The minimum absolute atomic E-state index is 0.0432. The number of nitrogens with zero attached hydrogens (tertiary/aromatic N) is 2. The number of rotatable bonds is 4. The summed E-state index contributed by atoms with van der Waals surface area (Å²) in [5.41, 5.74) is 2.44. The van der Waals surface area contributed by atoms with Gasteiger partial charge in [-0.25, -0.2) is 4.98 Å². The molecule has 0 saturated carbocycles. The van der Waals surface area contributed by atoms with Gasteiger partial charge in [-0.2, -0.15) is 0 Å². The first-order valence-corrected chi connectivity index (χ1v) is 10.2. The fraction of sp³-hybridized carbons (Fsp3) is 0.500. The summed E-state index contributed by atoms with van der Waals surface area (Å²) in [4.78, 5) is 21.6. The molecule has 1 saturated heterocycles. The van der Waals surface area contributed by atoms with Crippen LogP contribution in [-0.2, 0) is 19.4 Å². The van der Waals surface area contributed by atoms with Crippen LogP contribution in [0.2, 0.25) is 0 Å². The molecule has 0 unspecified atom stereocenters. The number of fused-ring (bicyclic) bond motifs is 1. The highest BCUT2D eigenvalue weighted by Crippen LogP contribution is 2.29. The van der Waals surface area contributed by atoms with Gasteiger partial charge in [0.2, 0.25) is 0 Å². The first kappa shape index (κ1) is 16.6. The number of aromatic nitrogens is 1. The van der Waals surface area contributed by atoms with Gasteiger partial charge >= 0.3 is 0 Å². The molecular weight excluding hydrogens is 330 g/mol. The monoisotopic (exact) mass is 355 g/mol. The van der Waals surface area contributed by atoms with Crippen molar-refractivity contribution in [1.82, 2.24) is 10.3 Å². The van der Waals surface area contributed by atoms with Crippen molar-refractivity contribution in [2.24, 2.45) is 0 Å². The first-order valence-electron chi connectivity index (χ1n) is 9.39. The second-order valence-corrected chi connectivity index (χ2v) is 8.16. The number of thiophene rings is 1. The average molecular weight is 356 g/mol. The molecule has 2 aliphatic rings. The van der Waals surface area contributed by atoms with Crippen molar-refractivity contribution in [3.8, 4) is 0 Å². The zero-order valence-corrected chi connectivity index (χ0v) is 15.4. The highest BCUT2D eigenvalue weighted by molar-refractivity contribution is 7.14. The number of pyridine rings is 1. The Morgan fingerprint density at radius 1 is 1.12 bits per heavy atom. The third-order valence-electron chi connectivity index (χ3n) is 5.16. The normalized spacial score (nSPS) is 17.2. The molecule has 0 radical (unpaired) electrons. The van der Waals surface area contributed by atoms with Crippen LogP contribution in [0.4, 0.5) is 5.82 Å². The Kier molecular flexibility index (Phi) is 5.02. The summed E-state index contributed by atoms with van der Waals surface area (Å²) < 4.78 is 0. The number of hydrogen-bond donors (Lipinski definition) is 1. The summed E-state index contributed by atoms with van der Waals surface area (Å²) in [5, 5.41) is 3.05. The molecule has 1 amide bonds. The molecule has 5 heteroatoms. The number of carbonyl (C=O) groups is 1. The van der Waals surface area contributed by atoms with Crippen molar-refractivity contribution in [2.75, 3.05) is 18.0 Å². The highest BCUT2D eigenvalue weighted by atomic mass is 32.1. The smallest absolute Gasteiger partial charge is 0.261 e. The van der Waals surface area contributed by atoms with E-state index in [1.807, 2.05) is 6.20 Å². The zero-order valence-electron chi connectivity index (χ0n) is 14.6. The van der Waals surface area contributed by atoms with Gasteiger partial charge in [-0.3, -0.25) is 4.79 Å². The topological polar surface area (TPSA) is 45.2 Å². The standard InChI is InChI=1S/C20H25N3OS/c24-20(18-12-16-6-2-1-3-7-17(16)25-18)22-14-15-8-9-19(21-13-15)23-10-4-5-11-23/h8-9,12-13H,1-7,10-11,14H2,(H,22,24). The van der Waals surface area contributed by atoms with Crippen LogP contribution in [0.1, 0.15) is 57.8 Å². The van der Waals surface area contributed by atoms with E-state index in [2.05, 4.69) is 33.4 Å². The quantitative estimate of drug-likeness (QED) is 0.845. The van der Waals surface area contributed by atoms with E-state index in [0.717, 1.165) is 42.2 Å². The van der Waals surface area contributed by atoms with Crippen molar-refractivity contribution >= 4 is 23.1 Å². The number of amides is 1. The Morgan fingerprint density at radius 3 is 2.76 bits per heavy atom. The van der Waals surface area contributed by atoms with Gasteiger partial charge in [-0.1, -0.05) is 12.5 Å². The van der Waals surface area contributed by atoms with Crippen molar-refractivity contribution in [3.63, 3.8) is 0 Å². The van der Waals surface area contributed by atoms with E-state index in [1.165, 1.54) is 42.5 Å². The maximum Gasteiger partial charge on any atom is 0.261 e. The van der Waals surface area contributed by atoms with Gasteiger partial charge < -0.3 is 10.2 Å². The summed E-state index contributed by atoms with van der Waals surface area (Å²) in [6, 6.07) is 6.25. The summed E-state index contributed by atoms with van der Waals surface area (Å²) in [7, 11) is 0. The molecular formula is C20H25N3OS. The van der Waals surface area contributed by atoms with Crippen molar-refractivity contribution < 1.29 is 4.79 Å². The molecule has 1 aliphatic heterocycles. The summed E-state index contributed by atoms with van der Waals surface area (Å²) in [6.07, 6.45) is 10.5. The van der Waals surface area contributed by atoms with E-state index in [1.54, 1.807) is 11.3 Å². The number of aryl methyl sites for hydroxylation is 2. The van der Waals surface area contributed by atoms with Gasteiger partial charge in [0.15, 0.2) is 0 Å². The molecule has 1 N–H and O–H groups in total. The maximum absolute atomic E-state index is 12.5. The van der Waals surface area contributed by atoms with Crippen LogP contribution in [-0.4, -0.2) is 24.0 Å². The van der Waals surface area contributed by atoms with E-state index in [9.17, 15) is 4.79 Å². The molecule has 4 rings (SSSR count). The summed E-state index contributed by atoms with van der Waals surface area (Å²) >= 11 is 1.68. The van der Waals surface area contributed by atoms with Crippen molar-refractivity contribution in [1.29, 1.82) is 0 Å². The third-order valence-corrected chi connectivity index (χ3v) is 6.40. The van der Waals surface area contributed by atoms with Crippen LogP contribution in [0.3, 0.4) is 0 Å². The Labute approximate surface area is 153 Å². The lowest BCUT2D eigenvalue weighted by Gasteiger charge is -2.16. The highest BCUT2D eigenvalue weighted by Gasteiger charge is 2.17. The van der Waals surface area contributed by atoms with Crippen LogP contribution in [0.15, 0.2) is 24.4 Å². The van der Waals surface area contributed by atoms with Gasteiger partial charge in [0.05, 0.1) is 4.88 Å². The molecule has 3 heterocycles. The van der Waals surface area contributed by atoms with Gasteiger partial charge in [0.1, 0.15) is 5.82 Å². The second-order valence-electron chi connectivity index (χ2n) is 7.02. The van der Waals surface area contributed by atoms with E-state index < -0.39 is 0 Å². The molecule has 25 heavy (non-hydrogen) atoms. The summed E-state index contributed by atoms with van der Waals surface area (Å²) in [5.74, 6) is 1.09. The third kappa shape index (κ3) is 3.87. The lowest BCUT2D eigenvalue weighted by Crippen LogP contribution is -2.22. The molecule has 0 bridgehead atoms. The van der Waals surface area contributed by atoms with E-state index in [-0.39, 0.29) is 5.91 Å². The SMILES string of the molecule is O=C(NCc1ccc(N2CCCC2)nc1)c1cc2c(s1)CCCCC2. The Hall–Kier alpha value is -1.88. The lowest BCUT2D eigenvalue weighted by atomic mass is 10.1. The maximum atomic E-state index is 12.5. The molecule has 1 fully saturated rings. The average Bonchev–Trinajstić information content (AvgIpc) is 3.26. The van der Waals surface area contributed by atoms with Gasteiger partial charge in [-0.05, 0) is 61.8 Å². The van der Waals surface area contributed by atoms with Crippen LogP contribution >= 0.6 is 11.3 Å². The van der Waals surface area contributed by atoms with Crippen molar-refractivity contribution in [3.05, 3.63) is 45.3 Å². The minimum atomic E-state index is 0.0432. The Bertz CT molecular complexity index is 708. The van der Waals surface area contributed by atoms with E-state index >= 15 is 0 Å². The molecule has 4 nitrogen and oxygen atoms in total. The number of hydrogen-bond acceptors (Lipinski definition) is 4. The molecule has 0 atom stereocenters. The predicted molar refractivity (Wildman–Crippen MR) is 102 cm³/mol. The minimum Gasteiger partial charge on any atom is -0.357 e. The summed E-state index contributed by atoms with van der Waals surface area (Å²) in [6.45, 7) is 2.74. The number of nitrogens with one attached hydrogen (secondary N) is 1. The first-order chi connectivity index (χ1) is 12.3. The fourth-order valence-electron chi connectivity index (χ4n) is 3.70. The molecule has 0 spiro atoms. The van der Waals surface area contributed by atoms with Gasteiger partial charge in [0, 0.05) is 30.7 Å². The Morgan fingerprint density at radius 2 is 1.96 bits per heavy atom. The molecule has 2 aromatic rings. The van der Waals surface area contributed by atoms with Crippen LogP contribution in [0.25, 0.3) is 0 Å². The van der Waals surface area contributed by atoms with E-state index in [4.69, 9.17) is 0 Å². The number of carbonyl (C=O) groups excluding carboxylic acids is 1. The number of anilines is 1. The van der Waals surface area contributed by atoms with Crippen LogP contribution < -0.4 is 10.2 Å². The molecule has 132 valence electrons.